The average molecular weight is 428 g/mol. The molecule has 1 aliphatic heterocycles. The van der Waals surface area contributed by atoms with Crippen LogP contribution in [0.2, 0.25) is 0 Å². The predicted molar refractivity (Wildman–Crippen MR) is 112 cm³/mol. The monoisotopic (exact) mass is 427 g/mol. The molecule has 1 fully saturated rings. The van der Waals surface area contributed by atoms with Gasteiger partial charge in [-0.2, -0.15) is 4.31 Å². The summed E-state index contributed by atoms with van der Waals surface area (Å²) in [6.45, 7) is 7.10. The quantitative estimate of drug-likeness (QED) is 0.564. The molecule has 9 heteroatoms. The number of likely N-dealkylation sites (N-methyl/N-ethyl adjacent to an activating group) is 1. The number of hydrogen-bond acceptors (Lipinski definition) is 6. The van der Waals surface area contributed by atoms with Crippen LogP contribution in [0.15, 0.2) is 29.2 Å². The molecule has 1 aliphatic rings. The van der Waals surface area contributed by atoms with E-state index in [9.17, 15) is 13.2 Å². The molecule has 1 heterocycles. The summed E-state index contributed by atoms with van der Waals surface area (Å²) < 4.78 is 38.1. The SMILES string of the molecule is COCCCN(C)CCNC(=O)c1cccc(S(=O)(=O)N2C[C@@H](C)O[C@H](C)C2)c1. The summed E-state index contributed by atoms with van der Waals surface area (Å²) in [5, 5.41) is 2.85. The van der Waals surface area contributed by atoms with E-state index in [0.717, 1.165) is 13.0 Å². The lowest BCUT2D eigenvalue weighted by Crippen LogP contribution is -2.48. The highest BCUT2D eigenvalue weighted by Crippen LogP contribution is 2.21. The zero-order chi connectivity index (χ0) is 21.4. The normalized spacial score (nSPS) is 20.7. The molecule has 8 nitrogen and oxygen atoms in total. The number of morpholine rings is 1. The van der Waals surface area contributed by atoms with Gasteiger partial charge in [0.05, 0.1) is 17.1 Å². The minimum Gasteiger partial charge on any atom is -0.385 e. The number of hydrogen-bond donors (Lipinski definition) is 1. The van der Waals surface area contributed by atoms with Gasteiger partial charge in [0, 0.05) is 52.0 Å². The Hall–Kier alpha value is -1.52. The van der Waals surface area contributed by atoms with Crippen molar-refractivity contribution in [2.75, 3.05) is 53.5 Å². The zero-order valence-electron chi connectivity index (χ0n) is 17.8. The lowest BCUT2D eigenvalue weighted by atomic mass is 10.2. The second-order valence-corrected chi connectivity index (χ2v) is 9.45. The van der Waals surface area contributed by atoms with Gasteiger partial charge in [0.15, 0.2) is 0 Å². The molecule has 1 amide bonds. The molecular formula is C20H33N3O5S. The van der Waals surface area contributed by atoms with Crippen molar-refractivity contribution in [2.45, 2.75) is 37.4 Å². The summed E-state index contributed by atoms with van der Waals surface area (Å²) >= 11 is 0. The van der Waals surface area contributed by atoms with Crippen LogP contribution < -0.4 is 5.32 Å². The van der Waals surface area contributed by atoms with Crippen molar-refractivity contribution in [1.29, 1.82) is 0 Å². The summed E-state index contributed by atoms with van der Waals surface area (Å²) in [4.78, 5) is 14.7. The van der Waals surface area contributed by atoms with Crippen LogP contribution in [0, 0.1) is 0 Å². The number of ether oxygens (including phenoxy) is 2. The molecule has 1 N–H and O–H groups in total. The van der Waals surface area contributed by atoms with E-state index in [0.29, 0.717) is 38.3 Å². The molecule has 2 atom stereocenters. The van der Waals surface area contributed by atoms with E-state index in [1.807, 2.05) is 20.9 Å². The van der Waals surface area contributed by atoms with Gasteiger partial charge in [0.25, 0.3) is 5.91 Å². The molecule has 0 aliphatic carbocycles. The van der Waals surface area contributed by atoms with Gasteiger partial charge in [-0.15, -0.1) is 0 Å². The van der Waals surface area contributed by atoms with Crippen LogP contribution in [-0.4, -0.2) is 89.2 Å². The molecule has 0 aromatic heterocycles. The number of nitrogens with zero attached hydrogens (tertiary/aromatic N) is 2. The summed E-state index contributed by atoms with van der Waals surface area (Å²) in [6.07, 6.45) is 0.598. The van der Waals surface area contributed by atoms with E-state index < -0.39 is 10.0 Å². The number of benzene rings is 1. The van der Waals surface area contributed by atoms with Gasteiger partial charge in [-0.3, -0.25) is 4.79 Å². The van der Waals surface area contributed by atoms with Gasteiger partial charge in [0.1, 0.15) is 0 Å². The number of amides is 1. The third-order valence-electron chi connectivity index (χ3n) is 4.79. The van der Waals surface area contributed by atoms with Crippen LogP contribution in [0.5, 0.6) is 0 Å². The maximum atomic E-state index is 13.0. The van der Waals surface area contributed by atoms with E-state index in [1.54, 1.807) is 19.2 Å². The third kappa shape index (κ3) is 7.04. The third-order valence-corrected chi connectivity index (χ3v) is 6.62. The molecule has 0 unspecified atom stereocenters. The average Bonchev–Trinajstić information content (AvgIpc) is 2.67. The van der Waals surface area contributed by atoms with Gasteiger partial charge >= 0.3 is 0 Å². The summed E-state index contributed by atoms with van der Waals surface area (Å²) in [6, 6.07) is 6.20. The van der Waals surface area contributed by atoms with Crippen LogP contribution in [0.4, 0.5) is 0 Å². The Morgan fingerprint density at radius 3 is 2.62 bits per heavy atom. The van der Waals surface area contributed by atoms with Gasteiger partial charge < -0.3 is 19.7 Å². The number of rotatable bonds is 10. The summed E-state index contributed by atoms with van der Waals surface area (Å²) in [5.41, 5.74) is 0.336. The Morgan fingerprint density at radius 1 is 1.28 bits per heavy atom. The van der Waals surface area contributed by atoms with Crippen molar-refractivity contribution in [2.24, 2.45) is 0 Å². The minimum absolute atomic E-state index is 0.128. The molecule has 0 spiro atoms. The van der Waals surface area contributed by atoms with Crippen molar-refractivity contribution < 1.29 is 22.7 Å². The number of carbonyl (C=O) groups excluding carboxylic acids is 1. The van der Waals surface area contributed by atoms with Crippen LogP contribution >= 0.6 is 0 Å². The Morgan fingerprint density at radius 2 is 1.97 bits per heavy atom. The molecule has 0 saturated carbocycles. The Kier molecular flexibility index (Phi) is 9.04. The van der Waals surface area contributed by atoms with E-state index in [-0.39, 0.29) is 23.0 Å². The first-order chi connectivity index (χ1) is 13.7. The maximum absolute atomic E-state index is 13.0. The minimum atomic E-state index is -3.68. The van der Waals surface area contributed by atoms with Crippen LogP contribution in [-0.2, 0) is 19.5 Å². The molecule has 2 rings (SSSR count). The first kappa shape index (κ1) is 23.8. The van der Waals surface area contributed by atoms with E-state index in [2.05, 4.69) is 10.2 Å². The van der Waals surface area contributed by atoms with Gasteiger partial charge in [-0.1, -0.05) is 6.07 Å². The Bertz CT molecular complexity index is 761. The van der Waals surface area contributed by atoms with Crippen LogP contribution in [0.25, 0.3) is 0 Å². The van der Waals surface area contributed by atoms with Crippen LogP contribution in [0.1, 0.15) is 30.6 Å². The largest absolute Gasteiger partial charge is 0.385 e. The smallest absolute Gasteiger partial charge is 0.251 e. The molecule has 29 heavy (non-hydrogen) atoms. The maximum Gasteiger partial charge on any atom is 0.251 e. The molecule has 1 aromatic rings. The number of nitrogens with one attached hydrogen (secondary N) is 1. The second kappa shape index (κ2) is 11.0. The standard InChI is InChI=1S/C20H33N3O5S/c1-16-14-23(15-17(2)28-16)29(25,26)19-8-5-7-18(13-19)20(24)21-9-11-22(3)10-6-12-27-4/h5,7-8,13,16-17H,6,9-12,14-15H2,1-4H3,(H,21,24)/t16-,17-/m1/s1. The second-order valence-electron chi connectivity index (χ2n) is 7.51. The summed E-state index contributed by atoms with van der Waals surface area (Å²) in [7, 11) is -0.0166. The van der Waals surface area contributed by atoms with Gasteiger partial charge in [-0.25, -0.2) is 8.42 Å². The highest BCUT2D eigenvalue weighted by atomic mass is 32.2. The molecule has 1 saturated heterocycles. The highest BCUT2D eigenvalue weighted by molar-refractivity contribution is 7.89. The molecule has 0 radical (unpaired) electrons. The van der Waals surface area contributed by atoms with Gasteiger partial charge in [-0.05, 0) is 45.5 Å². The van der Waals surface area contributed by atoms with Crippen molar-refractivity contribution in [3.63, 3.8) is 0 Å². The molecular weight excluding hydrogens is 394 g/mol. The molecule has 1 aromatic carbocycles. The number of methoxy groups -OCH3 is 1. The predicted octanol–water partition coefficient (Wildman–Crippen LogP) is 1.18. The zero-order valence-corrected chi connectivity index (χ0v) is 18.6. The van der Waals surface area contributed by atoms with E-state index >= 15 is 0 Å². The fourth-order valence-electron chi connectivity index (χ4n) is 3.33. The van der Waals surface area contributed by atoms with Crippen molar-refractivity contribution in [3.05, 3.63) is 29.8 Å². The van der Waals surface area contributed by atoms with Crippen LogP contribution in [0.3, 0.4) is 0 Å². The van der Waals surface area contributed by atoms with E-state index in [4.69, 9.17) is 9.47 Å². The van der Waals surface area contributed by atoms with Crippen molar-refractivity contribution in [1.82, 2.24) is 14.5 Å². The fourth-order valence-corrected chi connectivity index (χ4v) is 4.96. The topological polar surface area (TPSA) is 88.2 Å². The van der Waals surface area contributed by atoms with Crippen molar-refractivity contribution >= 4 is 15.9 Å². The number of carbonyl (C=O) groups is 1. The Labute approximate surface area is 174 Å². The molecule has 0 bridgehead atoms. The fraction of sp³-hybridized carbons (Fsp3) is 0.650. The van der Waals surface area contributed by atoms with Gasteiger partial charge in [0.2, 0.25) is 10.0 Å². The lowest BCUT2D eigenvalue weighted by Gasteiger charge is -2.34. The highest BCUT2D eigenvalue weighted by Gasteiger charge is 2.32. The van der Waals surface area contributed by atoms with E-state index in [1.165, 1.54) is 16.4 Å². The Balaban J connectivity index is 1.96. The number of sulfonamides is 1. The first-order valence-electron chi connectivity index (χ1n) is 9.95. The molecule has 164 valence electrons. The van der Waals surface area contributed by atoms with Crippen molar-refractivity contribution in [3.8, 4) is 0 Å². The summed E-state index contributed by atoms with van der Waals surface area (Å²) in [5.74, 6) is -0.281. The first-order valence-corrected chi connectivity index (χ1v) is 11.4. The lowest BCUT2D eigenvalue weighted by molar-refractivity contribution is -0.0440.